The standard InChI is InChI=1S/C18H20F2N2O2/c19-14-4-1-5-15(20)18(14)16(23)11-22-13-6-8-24-17(9-13)12-3-2-7-21-10-12/h1-5,7,10,13,16-17,22-23H,6,8-9,11H2/t13-,16?,17-/m1/s1. The van der Waals surface area contributed by atoms with Crippen LogP contribution in [-0.2, 0) is 4.74 Å². The van der Waals surface area contributed by atoms with Gasteiger partial charge in [-0.05, 0) is 36.6 Å². The minimum Gasteiger partial charge on any atom is -0.387 e. The maximum Gasteiger partial charge on any atom is 0.131 e. The second kappa shape index (κ2) is 7.79. The van der Waals surface area contributed by atoms with E-state index in [-0.39, 0.29) is 24.3 Å². The van der Waals surface area contributed by atoms with E-state index in [2.05, 4.69) is 10.3 Å². The van der Waals surface area contributed by atoms with Crippen molar-refractivity contribution in [3.05, 3.63) is 65.5 Å². The summed E-state index contributed by atoms with van der Waals surface area (Å²) in [6.07, 6.45) is 3.69. The molecule has 1 unspecified atom stereocenters. The molecule has 0 amide bonds. The normalized spacial score (nSPS) is 22.3. The number of hydrogen-bond donors (Lipinski definition) is 2. The Hall–Kier alpha value is -1.89. The zero-order valence-corrected chi connectivity index (χ0v) is 13.2. The topological polar surface area (TPSA) is 54.4 Å². The van der Waals surface area contributed by atoms with Gasteiger partial charge in [0.15, 0.2) is 0 Å². The van der Waals surface area contributed by atoms with Crippen molar-refractivity contribution >= 4 is 0 Å². The fourth-order valence-electron chi connectivity index (χ4n) is 2.99. The summed E-state index contributed by atoms with van der Waals surface area (Å²) in [7, 11) is 0. The molecule has 6 heteroatoms. The van der Waals surface area contributed by atoms with Crippen molar-refractivity contribution in [3.8, 4) is 0 Å². The quantitative estimate of drug-likeness (QED) is 0.883. The van der Waals surface area contributed by atoms with E-state index in [1.165, 1.54) is 6.07 Å². The van der Waals surface area contributed by atoms with Crippen LogP contribution in [0.25, 0.3) is 0 Å². The van der Waals surface area contributed by atoms with Crippen molar-refractivity contribution in [1.82, 2.24) is 10.3 Å². The lowest BCUT2D eigenvalue weighted by Crippen LogP contribution is -2.38. The van der Waals surface area contributed by atoms with Crippen molar-refractivity contribution in [2.24, 2.45) is 0 Å². The molecule has 0 aliphatic carbocycles. The Kier molecular flexibility index (Phi) is 5.50. The molecule has 1 aromatic carbocycles. The summed E-state index contributed by atoms with van der Waals surface area (Å²) in [5.41, 5.74) is 0.713. The number of ether oxygens (including phenoxy) is 1. The summed E-state index contributed by atoms with van der Waals surface area (Å²) in [6, 6.07) is 7.51. The second-order valence-electron chi connectivity index (χ2n) is 5.93. The average molecular weight is 334 g/mol. The molecule has 2 heterocycles. The Labute approximate surface area is 139 Å². The number of rotatable bonds is 5. The van der Waals surface area contributed by atoms with Gasteiger partial charge < -0.3 is 15.2 Å². The molecule has 1 aliphatic heterocycles. The Morgan fingerprint density at radius 1 is 1.25 bits per heavy atom. The zero-order valence-electron chi connectivity index (χ0n) is 13.2. The number of halogens is 2. The van der Waals surface area contributed by atoms with Crippen LogP contribution in [0.5, 0.6) is 0 Å². The van der Waals surface area contributed by atoms with Gasteiger partial charge in [0, 0.05) is 31.6 Å². The lowest BCUT2D eigenvalue weighted by molar-refractivity contribution is -0.00212. The Bertz CT molecular complexity index is 649. The average Bonchev–Trinajstić information content (AvgIpc) is 2.61. The van der Waals surface area contributed by atoms with Gasteiger partial charge in [0.05, 0.1) is 17.8 Å². The predicted octanol–water partition coefficient (Wildman–Crippen LogP) is 2.90. The van der Waals surface area contributed by atoms with E-state index in [4.69, 9.17) is 4.74 Å². The zero-order chi connectivity index (χ0) is 16.9. The molecule has 0 saturated carbocycles. The summed E-state index contributed by atoms with van der Waals surface area (Å²) in [5, 5.41) is 13.3. The fourth-order valence-corrected chi connectivity index (χ4v) is 2.99. The molecule has 0 spiro atoms. The molecule has 0 radical (unpaired) electrons. The predicted molar refractivity (Wildman–Crippen MR) is 85.3 cm³/mol. The van der Waals surface area contributed by atoms with E-state index in [1.807, 2.05) is 12.1 Å². The van der Waals surface area contributed by atoms with Crippen LogP contribution in [0.1, 0.15) is 36.2 Å². The summed E-state index contributed by atoms with van der Waals surface area (Å²) in [5.74, 6) is -1.46. The van der Waals surface area contributed by atoms with Crippen LogP contribution >= 0.6 is 0 Å². The third-order valence-corrected chi connectivity index (χ3v) is 4.27. The van der Waals surface area contributed by atoms with Crippen LogP contribution in [-0.4, -0.2) is 29.3 Å². The number of pyridine rings is 1. The van der Waals surface area contributed by atoms with Crippen LogP contribution in [0.15, 0.2) is 42.7 Å². The lowest BCUT2D eigenvalue weighted by atomic mass is 9.98. The van der Waals surface area contributed by atoms with Gasteiger partial charge in [-0.15, -0.1) is 0 Å². The highest BCUT2D eigenvalue weighted by Crippen LogP contribution is 2.28. The number of aliphatic hydroxyl groups is 1. The summed E-state index contributed by atoms with van der Waals surface area (Å²) in [6.45, 7) is 0.670. The Morgan fingerprint density at radius 3 is 2.75 bits per heavy atom. The highest BCUT2D eigenvalue weighted by atomic mass is 19.1. The SMILES string of the molecule is OC(CN[C@@H]1CCO[C@@H](c2cccnc2)C1)c1c(F)cccc1F. The molecular formula is C18H20F2N2O2. The lowest BCUT2D eigenvalue weighted by Gasteiger charge is -2.31. The molecule has 2 N–H and O–H groups in total. The van der Waals surface area contributed by atoms with Crippen LogP contribution in [0.4, 0.5) is 8.78 Å². The van der Waals surface area contributed by atoms with Gasteiger partial charge in [-0.1, -0.05) is 12.1 Å². The van der Waals surface area contributed by atoms with E-state index >= 15 is 0 Å². The minimum atomic E-state index is -1.23. The van der Waals surface area contributed by atoms with Gasteiger partial charge in [-0.2, -0.15) is 0 Å². The summed E-state index contributed by atoms with van der Waals surface area (Å²) in [4.78, 5) is 4.09. The number of aliphatic hydroxyl groups excluding tert-OH is 1. The van der Waals surface area contributed by atoms with E-state index in [1.54, 1.807) is 12.4 Å². The van der Waals surface area contributed by atoms with Gasteiger partial charge in [0.2, 0.25) is 0 Å². The molecule has 1 aliphatic rings. The van der Waals surface area contributed by atoms with Crippen LogP contribution < -0.4 is 5.32 Å². The van der Waals surface area contributed by atoms with Crippen molar-refractivity contribution < 1.29 is 18.6 Å². The second-order valence-corrected chi connectivity index (χ2v) is 5.93. The van der Waals surface area contributed by atoms with E-state index in [0.717, 1.165) is 30.5 Å². The monoisotopic (exact) mass is 334 g/mol. The maximum absolute atomic E-state index is 13.7. The molecule has 1 saturated heterocycles. The Morgan fingerprint density at radius 2 is 2.04 bits per heavy atom. The molecule has 0 bridgehead atoms. The number of benzene rings is 1. The molecule has 1 aromatic heterocycles. The number of hydrogen-bond acceptors (Lipinski definition) is 4. The van der Waals surface area contributed by atoms with Crippen LogP contribution in [0, 0.1) is 11.6 Å². The molecular weight excluding hydrogens is 314 g/mol. The molecule has 3 rings (SSSR count). The largest absolute Gasteiger partial charge is 0.387 e. The first-order valence-electron chi connectivity index (χ1n) is 8.02. The fraction of sp³-hybridized carbons (Fsp3) is 0.389. The number of nitrogens with zero attached hydrogens (tertiary/aromatic N) is 1. The van der Waals surface area contributed by atoms with Crippen LogP contribution in [0.3, 0.4) is 0 Å². The van der Waals surface area contributed by atoms with Gasteiger partial charge in [0.25, 0.3) is 0 Å². The molecule has 4 nitrogen and oxygen atoms in total. The van der Waals surface area contributed by atoms with Crippen molar-refractivity contribution in [2.75, 3.05) is 13.2 Å². The molecule has 24 heavy (non-hydrogen) atoms. The van der Waals surface area contributed by atoms with Gasteiger partial charge in [-0.3, -0.25) is 4.98 Å². The van der Waals surface area contributed by atoms with Gasteiger partial charge in [0.1, 0.15) is 11.6 Å². The minimum absolute atomic E-state index is 0.0627. The number of aromatic nitrogens is 1. The first-order chi connectivity index (χ1) is 11.6. The van der Waals surface area contributed by atoms with Gasteiger partial charge in [-0.25, -0.2) is 8.78 Å². The maximum atomic E-state index is 13.7. The Balaban J connectivity index is 1.58. The first-order valence-corrected chi connectivity index (χ1v) is 8.02. The molecule has 2 aromatic rings. The number of nitrogens with one attached hydrogen (secondary N) is 1. The smallest absolute Gasteiger partial charge is 0.131 e. The van der Waals surface area contributed by atoms with E-state index in [0.29, 0.717) is 6.61 Å². The van der Waals surface area contributed by atoms with Crippen molar-refractivity contribution in [1.29, 1.82) is 0 Å². The van der Waals surface area contributed by atoms with Crippen LogP contribution in [0.2, 0.25) is 0 Å². The van der Waals surface area contributed by atoms with E-state index in [9.17, 15) is 13.9 Å². The van der Waals surface area contributed by atoms with Crippen molar-refractivity contribution in [2.45, 2.75) is 31.1 Å². The van der Waals surface area contributed by atoms with Gasteiger partial charge >= 0.3 is 0 Å². The molecule has 128 valence electrons. The molecule has 3 atom stereocenters. The highest BCUT2D eigenvalue weighted by molar-refractivity contribution is 5.22. The summed E-state index contributed by atoms with van der Waals surface area (Å²) >= 11 is 0. The summed E-state index contributed by atoms with van der Waals surface area (Å²) < 4.78 is 33.2. The van der Waals surface area contributed by atoms with E-state index < -0.39 is 17.7 Å². The first kappa shape index (κ1) is 17.0. The molecule has 1 fully saturated rings. The highest BCUT2D eigenvalue weighted by Gasteiger charge is 2.25. The third kappa shape index (κ3) is 3.95. The third-order valence-electron chi connectivity index (χ3n) is 4.27. The van der Waals surface area contributed by atoms with Crippen molar-refractivity contribution in [3.63, 3.8) is 0 Å².